The van der Waals surface area contributed by atoms with Gasteiger partial charge in [-0.1, -0.05) is 18.2 Å². The summed E-state index contributed by atoms with van der Waals surface area (Å²) in [6.07, 6.45) is 3.56. The molecule has 2 N–H and O–H groups in total. The molecule has 0 radical (unpaired) electrons. The molecule has 0 unspecified atom stereocenters. The smallest absolute Gasteiger partial charge is 0.270 e. The minimum absolute atomic E-state index is 0.104. The van der Waals surface area contributed by atoms with Crippen molar-refractivity contribution in [1.29, 1.82) is 0 Å². The van der Waals surface area contributed by atoms with E-state index >= 15 is 0 Å². The quantitative estimate of drug-likeness (QED) is 0.587. The molecule has 1 rings (SSSR count). The summed E-state index contributed by atoms with van der Waals surface area (Å²) < 4.78 is 0. The maximum atomic E-state index is 10.5. The van der Waals surface area contributed by atoms with E-state index in [0.717, 1.165) is 11.1 Å². The highest BCUT2D eigenvalue weighted by Gasteiger charge is 2.05. The van der Waals surface area contributed by atoms with E-state index in [1.54, 1.807) is 24.3 Å². The second-order valence-corrected chi connectivity index (χ2v) is 2.94. The Morgan fingerprint density at radius 2 is 2.29 bits per heavy atom. The predicted octanol–water partition coefficient (Wildman–Crippen LogP) is 1.88. The van der Waals surface area contributed by atoms with Crippen LogP contribution in [0.4, 0.5) is 5.69 Å². The van der Waals surface area contributed by atoms with Crippen molar-refractivity contribution in [2.45, 2.75) is 6.92 Å². The van der Waals surface area contributed by atoms with Gasteiger partial charge in [-0.2, -0.15) is 0 Å². The lowest BCUT2D eigenvalue weighted by Crippen LogP contribution is -1.93. The van der Waals surface area contributed by atoms with Crippen LogP contribution in [0.2, 0.25) is 0 Å². The van der Waals surface area contributed by atoms with Crippen molar-refractivity contribution < 1.29 is 4.92 Å². The van der Waals surface area contributed by atoms with Crippen LogP contribution < -0.4 is 5.73 Å². The fraction of sp³-hybridized carbons (Fsp3) is 0.200. The molecular formula is C10H12N2O2. The molecule has 4 nitrogen and oxygen atoms in total. The first-order valence-electron chi connectivity index (χ1n) is 4.27. The number of nitrogens with two attached hydrogens (primary N) is 1. The van der Waals surface area contributed by atoms with E-state index in [4.69, 9.17) is 5.73 Å². The van der Waals surface area contributed by atoms with Crippen LogP contribution in [0.5, 0.6) is 0 Å². The van der Waals surface area contributed by atoms with Crippen LogP contribution in [-0.2, 0) is 0 Å². The van der Waals surface area contributed by atoms with E-state index in [2.05, 4.69) is 0 Å². The standard InChI is InChI=1S/C10H12N2O2/c1-8-4-5-10(12(13)14)7-9(8)3-2-6-11/h2-5,7H,6,11H2,1H3. The summed E-state index contributed by atoms with van der Waals surface area (Å²) in [6, 6.07) is 4.77. The van der Waals surface area contributed by atoms with Gasteiger partial charge in [0.2, 0.25) is 0 Å². The molecule has 0 spiro atoms. The molecule has 0 saturated heterocycles. The minimum Gasteiger partial charge on any atom is -0.327 e. The Morgan fingerprint density at radius 1 is 1.57 bits per heavy atom. The zero-order valence-corrected chi connectivity index (χ0v) is 7.93. The number of nitro benzene ring substituents is 1. The second kappa shape index (κ2) is 4.53. The van der Waals surface area contributed by atoms with E-state index in [1.165, 1.54) is 6.07 Å². The van der Waals surface area contributed by atoms with Crippen LogP contribution in [0.3, 0.4) is 0 Å². The fourth-order valence-electron chi connectivity index (χ4n) is 1.12. The van der Waals surface area contributed by atoms with Gasteiger partial charge in [-0.05, 0) is 18.1 Å². The van der Waals surface area contributed by atoms with E-state index in [9.17, 15) is 10.1 Å². The number of benzene rings is 1. The van der Waals surface area contributed by atoms with E-state index < -0.39 is 4.92 Å². The highest BCUT2D eigenvalue weighted by molar-refractivity contribution is 5.57. The number of hydrogen-bond acceptors (Lipinski definition) is 3. The van der Waals surface area contributed by atoms with Crippen molar-refractivity contribution in [2.24, 2.45) is 5.73 Å². The van der Waals surface area contributed by atoms with Gasteiger partial charge >= 0.3 is 0 Å². The average Bonchev–Trinajstić information content (AvgIpc) is 2.16. The summed E-state index contributed by atoms with van der Waals surface area (Å²) in [5.41, 5.74) is 7.25. The molecule has 0 atom stereocenters. The van der Waals surface area contributed by atoms with Gasteiger partial charge in [-0.15, -0.1) is 0 Å². The zero-order chi connectivity index (χ0) is 10.6. The third-order valence-electron chi connectivity index (χ3n) is 1.91. The van der Waals surface area contributed by atoms with Gasteiger partial charge in [-0.25, -0.2) is 0 Å². The van der Waals surface area contributed by atoms with Crippen LogP contribution in [0.1, 0.15) is 11.1 Å². The third-order valence-corrected chi connectivity index (χ3v) is 1.91. The number of nitrogens with zero attached hydrogens (tertiary/aromatic N) is 1. The first-order chi connectivity index (χ1) is 6.65. The largest absolute Gasteiger partial charge is 0.327 e. The zero-order valence-electron chi connectivity index (χ0n) is 7.93. The molecule has 1 aromatic rings. The van der Waals surface area contributed by atoms with Crippen molar-refractivity contribution >= 4 is 11.8 Å². The van der Waals surface area contributed by atoms with Gasteiger partial charge in [0.25, 0.3) is 5.69 Å². The fourth-order valence-corrected chi connectivity index (χ4v) is 1.12. The van der Waals surface area contributed by atoms with E-state index in [1.807, 2.05) is 6.92 Å². The molecule has 14 heavy (non-hydrogen) atoms. The molecule has 0 bridgehead atoms. The van der Waals surface area contributed by atoms with E-state index in [-0.39, 0.29) is 5.69 Å². The van der Waals surface area contributed by atoms with Gasteiger partial charge in [0.1, 0.15) is 0 Å². The number of non-ortho nitro benzene ring substituents is 1. The molecule has 0 fully saturated rings. The molecule has 74 valence electrons. The van der Waals surface area contributed by atoms with Crippen molar-refractivity contribution in [1.82, 2.24) is 0 Å². The lowest BCUT2D eigenvalue weighted by molar-refractivity contribution is -0.384. The Bertz CT molecular complexity index is 372. The lowest BCUT2D eigenvalue weighted by Gasteiger charge is -1.99. The summed E-state index contributed by atoms with van der Waals surface area (Å²) in [5.74, 6) is 0. The Kier molecular flexibility index (Phi) is 3.36. The van der Waals surface area contributed by atoms with Crippen LogP contribution in [-0.4, -0.2) is 11.5 Å². The molecule has 0 heterocycles. The second-order valence-electron chi connectivity index (χ2n) is 2.94. The number of hydrogen-bond donors (Lipinski definition) is 1. The summed E-state index contributed by atoms with van der Waals surface area (Å²) in [4.78, 5) is 10.1. The monoisotopic (exact) mass is 192 g/mol. The first-order valence-corrected chi connectivity index (χ1v) is 4.27. The molecule has 0 amide bonds. The summed E-state index contributed by atoms with van der Waals surface area (Å²) in [7, 11) is 0. The molecule has 0 aliphatic heterocycles. The molecule has 0 saturated carbocycles. The van der Waals surface area contributed by atoms with Gasteiger partial charge in [-0.3, -0.25) is 10.1 Å². The predicted molar refractivity (Wildman–Crippen MR) is 55.9 cm³/mol. The normalized spacial score (nSPS) is 10.7. The molecule has 1 aromatic carbocycles. The van der Waals surface area contributed by atoms with Crippen LogP contribution >= 0.6 is 0 Å². The van der Waals surface area contributed by atoms with Gasteiger partial charge in [0, 0.05) is 18.7 Å². The Morgan fingerprint density at radius 3 is 2.86 bits per heavy atom. The number of rotatable bonds is 3. The van der Waals surface area contributed by atoms with Crippen molar-refractivity contribution in [3.8, 4) is 0 Å². The highest BCUT2D eigenvalue weighted by atomic mass is 16.6. The Balaban J connectivity index is 3.08. The maximum absolute atomic E-state index is 10.5. The van der Waals surface area contributed by atoms with Crippen LogP contribution in [0.25, 0.3) is 6.08 Å². The first kappa shape index (κ1) is 10.4. The van der Waals surface area contributed by atoms with Gasteiger partial charge in [0.15, 0.2) is 0 Å². The summed E-state index contributed by atoms with van der Waals surface area (Å²) >= 11 is 0. The Hall–Kier alpha value is -1.68. The Labute approximate surface area is 82.2 Å². The topological polar surface area (TPSA) is 69.2 Å². The van der Waals surface area contributed by atoms with Gasteiger partial charge in [0.05, 0.1) is 4.92 Å². The van der Waals surface area contributed by atoms with Crippen molar-refractivity contribution in [2.75, 3.05) is 6.54 Å². The summed E-state index contributed by atoms with van der Waals surface area (Å²) in [5, 5.41) is 10.5. The van der Waals surface area contributed by atoms with Gasteiger partial charge < -0.3 is 5.73 Å². The molecule has 0 aliphatic carbocycles. The lowest BCUT2D eigenvalue weighted by atomic mass is 10.1. The molecule has 0 aliphatic rings. The third kappa shape index (κ3) is 2.40. The molecular weight excluding hydrogens is 180 g/mol. The van der Waals surface area contributed by atoms with Crippen molar-refractivity contribution in [3.05, 3.63) is 45.5 Å². The number of nitro groups is 1. The van der Waals surface area contributed by atoms with E-state index in [0.29, 0.717) is 6.54 Å². The minimum atomic E-state index is -0.404. The highest BCUT2D eigenvalue weighted by Crippen LogP contribution is 2.18. The summed E-state index contributed by atoms with van der Waals surface area (Å²) in [6.45, 7) is 2.34. The van der Waals surface area contributed by atoms with Crippen LogP contribution in [0, 0.1) is 17.0 Å². The van der Waals surface area contributed by atoms with Crippen LogP contribution in [0.15, 0.2) is 24.3 Å². The molecule has 4 heteroatoms. The maximum Gasteiger partial charge on any atom is 0.270 e. The SMILES string of the molecule is Cc1ccc([N+](=O)[O-])cc1C=CCN. The van der Waals surface area contributed by atoms with Crippen molar-refractivity contribution in [3.63, 3.8) is 0 Å². The molecule has 0 aromatic heterocycles. The number of aryl methyl sites for hydroxylation is 1. The average molecular weight is 192 g/mol.